The van der Waals surface area contributed by atoms with Gasteiger partial charge in [-0.25, -0.2) is 4.98 Å². The topological polar surface area (TPSA) is 56.2 Å². The van der Waals surface area contributed by atoms with Crippen molar-refractivity contribution < 1.29 is 4.42 Å². The number of allylic oxidation sites excluding steroid dienone is 3. The summed E-state index contributed by atoms with van der Waals surface area (Å²) in [6.07, 6.45) is 8.72. The van der Waals surface area contributed by atoms with E-state index in [-0.39, 0.29) is 0 Å². The molecule has 0 saturated heterocycles. The molecule has 142 valence electrons. The molecular weight excluding hydrogens is 356 g/mol. The molecule has 3 heterocycles. The summed E-state index contributed by atoms with van der Waals surface area (Å²) < 4.78 is 7.91. The summed E-state index contributed by atoms with van der Waals surface area (Å²) in [5, 5.41) is 9.01. The second-order valence-corrected chi connectivity index (χ2v) is 8.01. The van der Waals surface area contributed by atoms with Gasteiger partial charge in [-0.1, -0.05) is 41.1 Å². The van der Waals surface area contributed by atoms with E-state index in [2.05, 4.69) is 55.0 Å². The molecule has 5 nitrogen and oxygen atoms in total. The number of rotatable bonds is 7. The van der Waals surface area contributed by atoms with Gasteiger partial charge < -0.3 is 4.42 Å². The second-order valence-electron chi connectivity index (χ2n) is 7.04. The number of pyridine rings is 1. The number of imidazole rings is 1. The molecule has 0 aliphatic heterocycles. The van der Waals surface area contributed by atoms with Crippen molar-refractivity contribution in [1.29, 1.82) is 0 Å². The Kier molecular flexibility index (Phi) is 6.16. The van der Waals surface area contributed by atoms with Gasteiger partial charge in [0, 0.05) is 11.9 Å². The molecule has 0 amide bonds. The number of nitrogens with zero attached hydrogens (tertiary/aromatic N) is 4. The molecule has 0 spiro atoms. The predicted octanol–water partition coefficient (Wildman–Crippen LogP) is 5.79. The van der Waals surface area contributed by atoms with E-state index >= 15 is 0 Å². The highest BCUT2D eigenvalue weighted by molar-refractivity contribution is 7.99. The van der Waals surface area contributed by atoms with Crippen LogP contribution in [-0.4, -0.2) is 25.3 Å². The first-order valence-corrected chi connectivity index (χ1v) is 10.1. The summed E-state index contributed by atoms with van der Waals surface area (Å²) >= 11 is 1.56. The van der Waals surface area contributed by atoms with Crippen molar-refractivity contribution >= 4 is 17.4 Å². The van der Waals surface area contributed by atoms with Crippen molar-refractivity contribution in [3.8, 4) is 11.6 Å². The highest BCUT2D eigenvalue weighted by atomic mass is 32.2. The van der Waals surface area contributed by atoms with E-state index in [0.29, 0.717) is 11.1 Å². The van der Waals surface area contributed by atoms with Crippen LogP contribution in [0.4, 0.5) is 0 Å². The maximum absolute atomic E-state index is 5.89. The summed E-state index contributed by atoms with van der Waals surface area (Å²) in [5.74, 6) is 1.34. The van der Waals surface area contributed by atoms with Crippen molar-refractivity contribution in [1.82, 2.24) is 19.6 Å². The molecular formula is C21H26N4OS. The Balaban J connectivity index is 1.68. The van der Waals surface area contributed by atoms with Gasteiger partial charge in [-0.15, -0.1) is 10.2 Å². The summed E-state index contributed by atoms with van der Waals surface area (Å²) in [6, 6.07) is 4.05. The normalized spacial score (nSPS) is 12.0. The number of aromatic nitrogens is 4. The first-order valence-electron chi connectivity index (χ1n) is 9.15. The van der Waals surface area contributed by atoms with Crippen LogP contribution in [0.1, 0.15) is 44.9 Å². The van der Waals surface area contributed by atoms with E-state index in [1.165, 1.54) is 11.1 Å². The first kappa shape index (κ1) is 19.4. The zero-order valence-corrected chi connectivity index (χ0v) is 17.4. The molecule has 0 N–H and O–H groups in total. The molecule has 0 atom stereocenters. The SMILES string of the molecule is CC(C)=CCC/C(C)=C/CSc1nnc(-c2c(C)nc3ccc(C)cn23)o1. The third-order valence-electron chi connectivity index (χ3n) is 4.28. The maximum Gasteiger partial charge on any atom is 0.277 e. The number of hydrogen-bond acceptors (Lipinski definition) is 5. The molecule has 3 aromatic rings. The fourth-order valence-electron chi connectivity index (χ4n) is 2.84. The minimum absolute atomic E-state index is 0.511. The first-order chi connectivity index (χ1) is 12.9. The fraction of sp³-hybridized carbons (Fsp3) is 0.381. The number of aryl methyl sites for hydroxylation is 2. The predicted molar refractivity (Wildman–Crippen MR) is 111 cm³/mol. The van der Waals surface area contributed by atoms with Crippen LogP contribution in [0.5, 0.6) is 0 Å². The van der Waals surface area contributed by atoms with E-state index in [9.17, 15) is 0 Å². The van der Waals surface area contributed by atoms with Crippen molar-refractivity contribution in [3.05, 3.63) is 52.9 Å². The molecule has 0 bridgehead atoms. The van der Waals surface area contributed by atoms with Crippen molar-refractivity contribution in [2.45, 2.75) is 52.7 Å². The van der Waals surface area contributed by atoms with Gasteiger partial charge in [-0.3, -0.25) is 4.40 Å². The number of hydrogen-bond donors (Lipinski definition) is 0. The summed E-state index contributed by atoms with van der Waals surface area (Å²) in [6.45, 7) is 10.5. The van der Waals surface area contributed by atoms with Crippen molar-refractivity contribution in [2.75, 3.05) is 5.75 Å². The third kappa shape index (κ3) is 4.89. The Hall–Kier alpha value is -2.34. The molecule has 0 aliphatic carbocycles. The van der Waals surface area contributed by atoms with E-state index in [4.69, 9.17) is 4.42 Å². The van der Waals surface area contributed by atoms with Crippen molar-refractivity contribution in [3.63, 3.8) is 0 Å². The molecule has 6 heteroatoms. The number of thioether (sulfide) groups is 1. The van der Waals surface area contributed by atoms with Crippen molar-refractivity contribution in [2.24, 2.45) is 0 Å². The van der Waals surface area contributed by atoms with Crippen LogP contribution in [0, 0.1) is 13.8 Å². The average molecular weight is 383 g/mol. The highest BCUT2D eigenvalue weighted by Crippen LogP contribution is 2.27. The molecule has 0 fully saturated rings. The Morgan fingerprint density at radius 3 is 2.74 bits per heavy atom. The minimum Gasteiger partial charge on any atom is -0.410 e. The quantitative estimate of drug-likeness (QED) is 0.382. The molecule has 0 aliphatic rings. The Bertz CT molecular complexity index is 993. The minimum atomic E-state index is 0.511. The molecule has 3 aromatic heterocycles. The second kappa shape index (κ2) is 8.57. The van der Waals surface area contributed by atoms with Gasteiger partial charge in [0.1, 0.15) is 11.3 Å². The lowest BCUT2D eigenvalue weighted by Crippen LogP contribution is -1.90. The Morgan fingerprint density at radius 1 is 1.15 bits per heavy atom. The van der Waals surface area contributed by atoms with Crippen LogP contribution in [-0.2, 0) is 0 Å². The monoisotopic (exact) mass is 382 g/mol. The lowest BCUT2D eigenvalue weighted by Gasteiger charge is -2.00. The molecule has 0 aromatic carbocycles. The maximum atomic E-state index is 5.89. The van der Waals surface area contributed by atoms with Gasteiger partial charge in [-0.05, 0) is 59.1 Å². The third-order valence-corrected chi connectivity index (χ3v) is 5.02. The van der Waals surface area contributed by atoms with Gasteiger partial charge >= 0.3 is 0 Å². The fourth-order valence-corrected chi connectivity index (χ4v) is 3.58. The zero-order valence-electron chi connectivity index (χ0n) is 16.6. The summed E-state index contributed by atoms with van der Waals surface area (Å²) in [4.78, 5) is 4.58. The lowest BCUT2D eigenvalue weighted by atomic mass is 10.1. The van der Waals surface area contributed by atoms with Gasteiger partial charge in [0.15, 0.2) is 0 Å². The molecule has 3 rings (SSSR count). The molecule has 0 saturated carbocycles. The Morgan fingerprint density at radius 2 is 1.96 bits per heavy atom. The van der Waals surface area contributed by atoms with Gasteiger partial charge in [0.2, 0.25) is 0 Å². The number of fused-ring (bicyclic) bond motifs is 1. The van der Waals surface area contributed by atoms with Crippen LogP contribution >= 0.6 is 11.8 Å². The Labute approximate surface area is 164 Å². The zero-order chi connectivity index (χ0) is 19.4. The van der Waals surface area contributed by atoms with E-state index in [1.54, 1.807) is 11.8 Å². The largest absolute Gasteiger partial charge is 0.410 e. The van der Waals surface area contributed by atoms with Gasteiger partial charge in [0.05, 0.1) is 5.69 Å². The average Bonchev–Trinajstić information content (AvgIpc) is 3.17. The van der Waals surface area contributed by atoms with Crippen LogP contribution < -0.4 is 0 Å². The lowest BCUT2D eigenvalue weighted by molar-refractivity contribution is 0.464. The smallest absolute Gasteiger partial charge is 0.277 e. The van der Waals surface area contributed by atoms with Crippen LogP contribution in [0.2, 0.25) is 0 Å². The summed E-state index contributed by atoms with van der Waals surface area (Å²) in [7, 11) is 0. The van der Waals surface area contributed by atoms with Crippen LogP contribution in [0.25, 0.3) is 17.2 Å². The highest BCUT2D eigenvalue weighted by Gasteiger charge is 2.17. The molecule has 0 radical (unpaired) electrons. The van der Waals surface area contributed by atoms with Crippen LogP contribution in [0.3, 0.4) is 0 Å². The standard InChI is InChI=1S/C21H26N4OS/c1-14(2)7-6-8-15(3)11-12-27-21-24-23-20(26-21)19-17(5)22-18-10-9-16(4)13-25(18)19/h7,9-11,13H,6,8,12H2,1-5H3/b15-11+. The van der Waals surface area contributed by atoms with Gasteiger partial charge in [0.25, 0.3) is 11.1 Å². The summed E-state index contributed by atoms with van der Waals surface area (Å²) in [5.41, 5.74) is 6.54. The van der Waals surface area contributed by atoms with E-state index < -0.39 is 0 Å². The molecule has 0 unspecified atom stereocenters. The van der Waals surface area contributed by atoms with Crippen LogP contribution in [0.15, 0.2) is 51.3 Å². The molecule has 27 heavy (non-hydrogen) atoms. The van der Waals surface area contributed by atoms with E-state index in [0.717, 1.165) is 41.2 Å². The van der Waals surface area contributed by atoms with Gasteiger partial charge in [-0.2, -0.15) is 0 Å². The van der Waals surface area contributed by atoms with E-state index in [1.807, 2.05) is 29.7 Å².